The number of aliphatic hydroxyl groups is 1. The zero-order valence-electron chi connectivity index (χ0n) is 10.2. The summed E-state index contributed by atoms with van der Waals surface area (Å²) >= 11 is 0. The fraction of sp³-hybridized carbons (Fsp3) is 0.923. The van der Waals surface area contributed by atoms with E-state index in [1.165, 1.54) is 6.42 Å². The Labute approximate surface area is 102 Å². The highest BCUT2D eigenvalue weighted by Crippen LogP contribution is 2.33. The van der Waals surface area contributed by atoms with Crippen LogP contribution in [0, 0.1) is 5.92 Å². The van der Waals surface area contributed by atoms with Gasteiger partial charge in [0.2, 0.25) is 5.91 Å². The Hall–Kier alpha value is -0.610. The quantitative estimate of drug-likeness (QED) is 0.673. The Kier molecular flexibility index (Phi) is 2.87. The van der Waals surface area contributed by atoms with E-state index in [0.717, 1.165) is 38.5 Å². The molecule has 3 aliphatic rings. The Bertz CT molecular complexity index is 313. The van der Waals surface area contributed by atoms with E-state index in [1.807, 2.05) is 0 Å². The van der Waals surface area contributed by atoms with Crippen LogP contribution < -0.4 is 10.6 Å². The van der Waals surface area contributed by atoms with Crippen LogP contribution in [0.3, 0.4) is 0 Å². The van der Waals surface area contributed by atoms with E-state index in [9.17, 15) is 9.90 Å². The number of amides is 1. The minimum atomic E-state index is -0.624. The van der Waals surface area contributed by atoms with E-state index in [0.29, 0.717) is 18.6 Å². The highest BCUT2D eigenvalue weighted by molar-refractivity contribution is 5.80. The molecule has 4 nitrogen and oxygen atoms in total. The van der Waals surface area contributed by atoms with Crippen molar-refractivity contribution in [3.63, 3.8) is 0 Å². The van der Waals surface area contributed by atoms with Crippen molar-refractivity contribution in [3.05, 3.63) is 0 Å². The first kappa shape index (κ1) is 11.5. The summed E-state index contributed by atoms with van der Waals surface area (Å²) in [7, 11) is 0. The topological polar surface area (TPSA) is 61.4 Å². The summed E-state index contributed by atoms with van der Waals surface area (Å²) in [6, 6.07) is 0.948. The second-order valence-corrected chi connectivity index (χ2v) is 6.04. The van der Waals surface area contributed by atoms with Gasteiger partial charge in [0.25, 0.3) is 0 Å². The molecule has 3 N–H and O–H groups in total. The van der Waals surface area contributed by atoms with E-state index < -0.39 is 5.60 Å². The Morgan fingerprint density at radius 2 is 2.12 bits per heavy atom. The summed E-state index contributed by atoms with van der Waals surface area (Å²) in [4.78, 5) is 12.1. The third kappa shape index (κ3) is 2.20. The molecule has 96 valence electrons. The zero-order valence-corrected chi connectivity index (χ0v) is 10.2. The lowest BCUT2D eigenvalue weighted by molar-refractivity contribution is -0.126. The molecule has 3 rings (SSSR count). The molecule has 3 fully saturated rings. The number of hydrogen-bond acceptors (Lipinski definition) is 3. The largest absolute Gasteiger partial charge is 0.388 e. The molecule has 1 aliphatic carbocycles. The predicted molar refractivity (Wildman–Crippen MR) is 64.5 cm³/mol. The highest BCUT2D eigenvalue weighted by Gasteiger charge is 2.43. The lowest BCUT2D eigenvalue weighted by atomic mass is 9.88. The van der Waals surface area contributed by atoms with Crippen molar-refractivity contribution in [2.45, 2.75) is 62.6 Å². The summed E-state index contributed by atoms with van der Waals surface area (Å²) in [5.41, 5.74) is -0.624. The second kappa shape index (κ2) is 4.25. The number of nitrogens with one attached hydrogen (secondary N) is 2. The van der Waals surface area contributed by atoms with Gasteiger partial charge in [-0.2, -0.15) is 0 Å². The number of hydrogen-bond donors (Lipinski definition) is 3. The van der Waals surface area contributed by atoms with Crippen LogP contribution in [0.2, 0.25) is 0 Å². The molecule has 2 aliphatic heterocycles. The molecule has 0 aromatic heterocycles. The lowest BCUT2D eigenvalue weighted by Gasteiger charge is -2.25. The van der Waals surface area contributed by atoms with Crippen LogP contribution in [-0.4, -0.2) is 35.2 Å². The molecule has 0 aromatic rings. The van der Waals surface area contributed by atoms with Crippen molar-refractivity contribution in [1.82, 2.24) is 10.6 Å². The third-order valence-corrected chi connectivity index (χ3v) is 4.76. The van der Waals surface area contributed by atoms with Crippen LogP contribution in [0.25, 0.3) is 0 Å². The average molecular weight is 238 g/mol. The standard InChI is InChI=1S/C13H22N2O2/c16-12(10-7-9-3-4-11(10)15-9)14-8-13(17)5-1-2-6-13/h9-11,15,17H,1-8H2,(H,14,16). The maximum atomic E-state index is 12.1. The predicted octanol–water partition coefficient (Wildman–Crippen LogP) is 0.548. The third-order valence-electron chi connectivity index (χ3n) is 4.76. The van der Waals surface area contributed by atoms with Gasteiger partial charge in [0.05, 0.1) is 11.5 Å². The molecule has 2 saturated heterocycles. The van der Waals surface area contributed by atoms with Gasteiger partial charge in [0.15, 0.2) is 0 Å². The molecule has 0 aromatic carbocycles. The Morgan fingerprint density at radius 1 is 1.35 bits per heavy atom. The van der Waals surface area contributed by atoms with Crippen LogP contribution in [0.1, 0.15) is 44.9 Å². The minimum Gasteiger partial charge on any atom is -0.388 e. The molecule has 3 atom stereocenters. The summed E-state index contributed by atoms with van der Waals surface area (Å²) in [5.74, 6) is 0.281. The molecule has 2 heterocycles. The van der Waals surface area contributed by atoms with Gasteiger partial charge in [0, 0.05) is 18.6 Å². The first-order valence-corrected chi connectivity index (χ1v) is 6.92. The summed E-state index contributed by atoms with van der Waals surface area (Å²) in [6.45, 7) is 0.444. The highest BCUT2D eigenvalue weighted by atomic mass is 16.3. The van der Waals surface area contributed by atoms with Crippen LogP contribution >= 0.6 is 0 Å². The summed E-state index contributed by atoms with van der Waals surface area (Å²) in [6.07, 6.45) is 7.18. The van der Waals surface area contributed by atoms with Gasteiger partial charge >= 0.3 is 0 Å². The maximum Gasteiger partial charge on any atom is 0.224 e. The van der Waals surface area contributed by atoms with Crippen LogP contribution in [-0.2, 0) is 4.79 Å². The van der Waals surface area contributed by atoms with Crippen molar-refractivity contribution in [2.75, 3.05) is 6.54 Å². The van der Waals surface area contributed by atoms with Crippen molar-refractivity contribution >= 4 is 5.91 Å². The van der Waals surface area contributed by atoms with Gasteiger partial charge < -0.3 is 15.7 Å². The van der Waals surface area contributed by atoms with Crippen LogP contribution in [0.4, 0.5) is 0 Å². The molecule has 17 heavy (non-hydrogen) atoms. The SMILES string of the molecule is O=C(NCC1(O)CCCC1)C1CC2CCC1N2. The molecule has 1 amide bonds. The molecule has 3 unspecified atom stereocenters. The summed E-state index contributed by atoms with van der Waals surface area (Å²) in [5, 5.41) is 16.6. The number of fused-ring (bicyclic) bond motifs is 2. The van der Waals surface area contributed by atoms with Crippen molar-refractivity contribution in [3.8, 4) is 0 Å². The van der Waals surface area contributed by atoms with E-state index in [2.05, 4.69) is 10.6 Å². The number of carbonyl (C=O) groups is 1. The zero-order chi connectivity index (χ0) is 11.9. The van der Waals surface area contributed by atoms with E-state index >= 15 is 0 Å². The van der Waals surface area contributed by atoms with Gasteiger partial charge in [-0.15, -0.1) is 0 Å². The molecule has 0 spiro atoms. The molecule has 2 bridgehead atoms. The van der Waals surface area contributed by atoms with E-state index in [-0.39, 0.29) is 11.8 Å². The smallest absolute Gasteiger partial charge is 0.224 e. The Balaban J connectivity index is 1.50. The number of carbonyl (C=O) groups excluding carboxylic acids is 1. The van der Waals surface area contributed by atoms with E-state index in [1.54, 1.807) is 0 Å². The molecular formula is C13H22N2O2. The van der Waals surface area contributed by atoms with Gasteiger partial charge in [-0.05, 0) is 32.1 Å². The van der Waals surface area contributed by atoms with Gasteiger partial charge in [0.1, 0.15) is 0 Å². The molecule has 0 radical (unpaired) electrons. The first-order chi connectivity index (χ1) is 8.16. The van der Waals surface area contributed by atoms with Crippen molar-refractivity contribution < 1.29 is 9.90 Å². The van der Waals surface area contributed by atoms with E-state index in [4.69, 9.17) is 0 Å². The van der Waals surface area contributed by atoms with Crippen LogP contribution in [0.15, 0.2) is 0 Å². The van der Waals surface area contributed by atoms with Gasteiger partial charge in [-0.25, -0.2) is 0 Å². The molecule has 1 saturated carbocycles. The summed E-state index contributed by atoms with van der Waals surface area (Å²) < 4.78 is 0. The fourth-order valence-corrected chi connectivity index (χ4v) is 3.71. The molecule has 4 heteroatoms. The normalized spacial score (nSPS) is 38.5. The fourth-order valence-electron chi connectivity index (χ4n) is 3.71. The van der Waals surface area contributed by atoms with Gasteiger partial charge in [-0.1, -0.05) is 12.8 Å². The van der Waals surface area contributed by atoms with Gasteiger partial charge in [-0.3, -0.25) is 4.79 Å². The Morgan fingerprint density at radius 3 is 2.71 bits per heavy atom. The van der Waals surface area contributed by atoms with Crippen molar-refractivity contribution in [1.29, 1.82) is 0 Å². The monoisotopic (exact) mass is 238 g/mol. The average Bonchev–Trinajstić information content (AvgIpc) is 3.02. The number of rotatable bonds is 3. The second-order valence-electron chi connectivity index (χ2n) is 6.04. The maximum absolute atomic E-state index is 12.1. The van der Waals surface area contributed by atoms with Crippen molar-refractivity contribution in [2.24, 2.45) is 5.92 Å². The lowest BCUT2D eigenvalue weighted by Crippen LogP contribution is -2.45. The first-order valence-electron chi connectivity index (χ1n) is 6.92. The molecular weight excluding hydrogens is 216 g/mol. The minimum absolute atomic E-state index is 0.138. The van der Waals surface area contributed by atoms with Crippen LogP contribution in [0.5, 0.6) is 0 Å².